The Hall–Kier alpha value is -2.60. The second-order valence-electron chi connectivity index (χ2n) is 5.26. The number of rotatable bonds is 5. The lowest BCUT2D eigenvalue weighted by Gasteiger charge is -2.06. The first kappa shape index (κ1) is 16.3. The molecule has 3 aromatic rings. The first-order valence-electron chi connectivity index (χ1n) is 7.48. The number of amides is 1. The number of benzene rings is 2. The summed E-state index contributed by atoms with van der Waals surface area (Å²) >= 11 is 1.54. The first-order chi connectivity index (χ1) is 11.7. The predicted molar refractivity (Wildman–Crippen MR) is 93.9 cm³/mol. The monoisotopic (exact) mass is 339 g/mol. The van der Waals surface area contributed by atoms with Gasteiger partial charge in [-0.05, 0) is 25.3 Å². The van der Waals surface area contributed by atoms with Gasteiger partial charge in [0.05, 0.1) is 12.1 Å². The molecule has 0 radical (unpaired) electrons. The number of nitrogens with zero attached hydrogens (tertiary/aromatic N) is 2. The molecule has 1 N–H and O–H groups in total. The molecule has 0 aliphatic heterocycles. The van der Waals surface area contributed by atoms with E-state index in [4.69, 9.17) is 4.52 Å². The van der Waals surface area contributed by atoms with Crippen molar-refractivity contribution in [1.29, 1.82) is 0 Å². The third kappa shape index (κ3) is 3.65. The molecule has 1 heterocycles. The Morgan fingerprint density at radius 2 is 1.92 bits per heavy atom. The van der Waals surface area contributed by atoms with E-state index < -0.39 is 0 Å². The summed E-state index contributed by atoms with van der Waals surface area (Å²) in [5, 5.41) is 6.77. The highest BCUT2D eigenvalue weighted by atomic mass is 32.2. The summed E-state index contributed by atoms with van der Waals surface area (Å²) in [4.78, 5) is 17.5. The van der Waals surface area contributed by atoms with E-state index in [-0.39, 0.29) is 12.5 Å². The Morgan fingerprint density at radius 3 is 2.67 bits per heavy atom. The summed E-state index contributed by atoms with van der Waals surface area (Å²) in [6.45, 7) is 2.22. The number of aromatic nitrogens is 2. The highest BCUT2D eigenvalue weighted by Crippen LogP contribution is 2.20. The Kier molecular flexibility index (Phi) is 4.96. The maximum Gasteiger partial charge on any atom is 0.252 e. The van der Waals surface area contributed by atoms with Crippen LogP contribution < -0.4 is 5.32 Å². The van der Waals surface area contributed by atoms with Gasteiger partial charge in [0.25, 0.3) is 5.91 Å². The molecule has 0 saturated heterocycles. The van der Waals surface area contributed by atoms with Crippen molar-refractivity contribution in [2.45, 2.75) is 18.4 Å². The van der Waals surface area contributed by atoms with Crippen molar-refractivity contribution in [2.24, 2.45) is 0 Å². The van der Waals surface area contributed by atoms with Crippen LogP contribution in [0.25, 0.3) is 11.4 Å². The summed E-state index contributed by atoms with van der Waals surface area (Å²) in [6.07, 6.45) is 1.94. The van der Waals surface area contributed by atoms with Gasteiger partial charge in [-0.3, -0.25) is 4.79 Å². The van der Waals surface area contributed by atoms with E-state index in [1.807, 2.05) is 55.6 Å². The minimum absolute atomic E-state index is 0.157. The van der Waals surface area contributed by atoms with Crippen molar-refractivity contribution in [3.63, 3.8) is 0 Å². The van der Waals surface area contributed by atoms with Crippen LogP contribution in [0, 0.1) is 6.92 Å². The van der Waals surface area contributed by atoms with Gasteiger partial charge in [-0.2, -0.15) is 4.98 Å². The van der Waals surface area contributed by atoms with Crippen LogP contribution >= 0.6 is 11.8 Å². The van der Waals surface area contributed by atoms with E-state index in [0.717, 1.165) is 10.5 Å². The molecule has 1 aromatic heterocycles. The Balaban J connectivity index is 1.67. The molecule has 5 nitrogen and oxygen atoms in total. The molecule has 1 amide bonds. The fraction of sp³-hybridized carbons (Fsp3) is 0.167. The van der Waals surface area contributed by atoms with Gasteiger partial charge in [0.15, 0.2) is 0 Å². The maximum atomic E-state index is 12.3. The zero-order chi connectivity index (χ0) is 16.9. The standard InChI is InChI=1S/C18H17N3O2S/c1-12-7-9-13(10-8-12)17-20-16(23-21-17)11-19-18(22)14-5-3-4-6-15(14)24-2/h3-10H,11H2,1-2H3,(H,19,22). The average Bonchev–Trinajstić information content (AvgIpc) is 3.09. The maximum absolute atomic E-state index is 12.3. The van der Waals surface area contributed by atoms with Crippen molar-refractivity contribution < 1.29 is 9.32 Å². The van der Waals surface area contributed by atoms with Crippen LogP contribution in [0.1, 0.15) is 21.8 Å². The van der Waals surface area contributed by atoms with Gasteiger partial charge in [0.1, 0.15) is 0 Å². The molecular weight excluding hydrogens is 322 g/mol. The summed E-state index contributed by atoms with van der Waals surface area (Å²) in [6, 6.07) is 15.3. The van der Waals surface area contributed by atoms with Gasteiger partial charge >= 0.3 is 0 Å². The highest BCUT2D eigenvalue weighted by Gasteiger charge is 2.13. The first-order valence-corrected chi connectivity index (χ1v) is 8.70. The fourth-order valence-electron chi connectivity index (χ4n) is 2.23. The second kappa shape index (κ2) is 7.31. The van der Waals surface area contributed by atoms with Crippen LogP contribution in [0.4, 0.5) is 0 Å². The summed E-state index contributed by atoms with van der Waals surface area (Å²) in [7, 11) is 0. The number of aryl methyl sites for hydroxylation is 1. The van der Waals surface area contributed by atoms with Crippen LogP contribution in [-0.4, -0.2) is 22.3 Å². The smallest absolute Gasteiger partial charge is 0.252 e. The van der Waals surface area contributed by atoms with E-state index in [0.29, 0.717) is 17.3 Å². The predicted octanol–water partition coefficient (Wildman–Crippen LogP) is 3.70. The van der Waals surface area contributed by atoms with Crippen LogP contribution in [-0.2, 0) is 6.54 Å². The summed E-state index contributed by atoms with van der Waals surface area (Å²) in [5.41, 5.74) is 2.69. The number of hydrogen-bond acceptors (Lipinski definition) is 5. The van der Waals surface area contributed by atoms with E-state index in [9.17, 15) is 4.79 Å². The fourth-order valence-corrected chi connectivity index (χ4v) is 2.83. The SMILES string of the molecule is CSc1ccccc1C(=O)NCc1nc(-c2ccc(C)cc2)no1. The van der Waals surface area contributed by atoms with Crippen molar-refractivity contribution in [3.8, 4) is 11.4 Å². The largest absolute Gasteiger partial charge is 0.343 e. The molecule has 6 heteroatoms. The lowest BCUT2D eigenvalue weighted by Crippen LogP contribution is -2.23. The average molecular weight is 339 g/mol. The van der Waals surface area contributed by atoms with Crippen molar-refractivity contribution >= 4 is 17.7 Å². The van der Waals surface area contributed by atoms with Gasteiger partial charge in [-0.25, -0.2) is 0 Å². The minimum atomic E-state index is -0.157. The summed E-state index contributed by atoms with van der Waals surface area (Å²) < 4.78 is 5.21. The number of thioether (sulfide) groups is 1. The Bertz CT molecular complexity index is 843. The minimum Gasteiger partial charge on any atom is -0.343 e. The zero-order valence-corrected chi connectivity index (χ0v) is 14.3. The Morgan fingerprint density at radius 1 is 1.17 bits per heavy atom. The molecule has 3 rings (SSSR count). The van der Waals surface area contributed by atoms with E-state index >= 15 is 0 Å². The molecule has 0 aliphatic carbocycles. The normalized spacial score (nSPS) is 10.6. The van der Waals surface area contributed by atoms with Gasteiger partial charge in [0, 0.05) is 10.5 Å². The Labute approximate surface area is 144 Å². The van der Waals surface area contributed by atoms with Gasteiger partial charge in [0.2, 0.25) is 11.7 Å². The highest BCUT2D eigenvalue weighted by molar-refractivity contribution is 7.98. The summed E-state index contributed by atoms with van der Waals surface area (Å²) in [5.74, 6) is 0.736. The third-order valence-electron chi connectivity index (χ3n) is 3.53. The van der Waals surface area contributed by atoms with Crippen LogP contribution in [0.2, 0.25) is 0 Å². The third-order valence-corrected chi connectivity index (χ3v) is 4.33. The van der Waals surface area contributed by atoms with Crippen molar-refractivity contribution in [1.82, 2.24) is 15.5 Å². The topological polar surface area (TPSA) is 68.0 Å². The molecule has 0 aliphatic rings. The number of nitrogens with one attached hydrogen (secondary N) is 1. The molecule has 0 bridgehead atoms. The molecule has 0 fully saturated rings. The van der Waals surface area contributed by atoms with Crippen LogP contribution in [0.3, 0.4) is 0 Å². The number of carbonyl (C=O) groups is 1. The van der Waals surface area contributed by atoms with Crippen LogP contribution in [0.5, 0.6) is 0 Å². The van der Waals surface area contributed by atoms with Gasteiger partial charge in [-0.15, -0.1) is 11.8 Å². The molecule has 0 saturated carbocycles. The molecular formula is C18H17N3O2S. The zero-order valence-electron chi connectivity index (χ0n) is 13.4. The van der Waals surface area contributed by atoms with E-state index in [2.05, 4.69) is 15.5 Å². The molecule has 2 aromatic carbocycles. The van der Waals surface area contributed by atoms with E-state index in [1.165, 1.54) is 17.3 Å². The lowest BCUT2D eigenvalue weighted by molar-refractivity contribution is 0.0943. The number of carbonyl (C=O) groups excluding carboxylic acids is 1. The molecule has 0 unspecified atom stereocenters. The van der Waals surface area contributed by atoms with E-state index in [1.54, 1.807) is 6.07 Å². The molecule has 0 atom stereocenters. The van der Waals surface area contributed by atoms with Crippen LogP contribution in [0.15, 0.2) is 57.9 Å². The van der Waals surface area contributed by atoms with Crippen molar-refractivity contribution in [2.75, 3.05) is 6.26 Å². The quantitative estimate of drug-likeness (QED) is 0.718. The molecule has 0 spiro atoms. The molecule has 122 valence electrons. The number of hydrogen-bond donors (Lipinski definition) is 1. The molecule has 24 heavy (non-hydrogen) atoms. The second-order valence-corrected chi connectivity index (χ2v) is 6.11. The van der Waals surface area contributed by atoms with Crippen molar-refractivity contribution in [3.05, 3.63) is 65.5 Å². The van der Waals surface area contributed by atoms with Gasteiger partial charge < -0.3 is 9.84 Å². The lowest BCUT2D eigenvalue weighted by atomic mass is 10.1. The van der Waals surface area contributed by atoms with Gasteiger partial charge in [-0.1, -0.05) is 47.1 Å².